The van der Waals surface area contributed by atoms with Crippen LogP contribution in [0.25, 0.3) is 0 Å². The number of carboxylic acids is 1. The molecule has 0 saturated carbocycles. The molecule has 0 aliphatic carbocycles. The Morgan fingerprint density at radius 2 is 2.12 bits per heavy atom. The second kappa shape index (κ2) is 4.72. The predicted molar refractivity (Wildman–Crippen MR) is 62.0 cm³/mol. The molecule has 88 valence electrons. The minimum absolute atomic E-state index is 0.333. The van der Waals surface area contributed by atoms with Crippen LogP contribution in [0.5, 0.6) is 5.75 Å². The second-order valence-electron chi connectivity index (χ2n) is 3.57. The highest BCUT2D eigenvalue weighted by Crippen LogP contribution is 2.36. The summed E-state index contributed by atoms with van der Waals surface area (Å²) >= 11 is 6.08. The van der Waals surface area contributed by atoms with E-state index in [9.17, 15) is 4.79 Å². The van der Waals surface area contributed by atoms with Crippen LogP contribution < -0.4 is 10.5 Å². The third-order valence-corrected chi connectivity index (χ3v) is 3.01. The molecule has 0 amide bonds. The number of halogens is 1. The molecule has 1 unspecified atom stereocenters. The SMILES string of the molecule is COc1c(C(N)C(=O)O)cc(C)c(C)c1Cl. The van der Waals surface area contributed by atoms with Crippen molar-refractivity contribution in [3.05, 3.63) is 27.8 Å². The van der Waals surface area contributed by atoms with Crippen LogP contribution in [-0.2, 0) is 4.79 Å². The van der Waals surface area contributed by atoms with E-state index in [1.54, 1.807) is 6.07 Å². The molecule has 0 bridgehead atoms. The zero-order valence-corrected chi connectivity index (χ0v) is 10.1. The van der Waals surface area contributed by atoms with E-state index in [0.717, 1.165) is 11.1 Å². The molecule has 0 heterocycles. The fraction of sp³-hybridized carbons (Fsp3) is 0.364. The van der Waals surface area contributed by atoms with E-state index < -0.39 is 12.0 Å². The average Bonchev–Trinajstić information content (AvgIpc) is 2.24. The van der Waals surface area contributed by atoms with Gasteiger partial charge in [-0.25, -0.2) is 0 Å². The second-order valence-corrected chi connectivity index (χ2v) is 3.95. The monoisotopic (exact) mass is 243 g/mol. The Morgan fingerprint density at radius 1 is 1.56 bits per heavy atom. The summed E-state index contributed by atoms with van der Waals surface area (Å²) in [6.45, 7) is 3.69. The number of carboxylic acid groups (broad SMARTS) is 1. The van der Waals surface area contributed by atoms with Crippen LogP contribution in [0.3, 0.4) is 0 Å². The number of ether oxygens (including phenoxy) is 1. The molecule has 0 aliphatic heterocycles. The molecule has 16 heavy (non-hydrogen) atoms. The first kappa shape index (κ1) is 12.8. The van der Waals surface area contributed by atoms with Crippen molar-refractivity contribution in [1.82, 2.24) is 0 Å². The van der Waals surface area contributed by atoms with Crippen LogP contribution >= 0.6 is 11.6 Å². The number of methoxy groups -OCH3 is 1. The Hall–Kier alpha value is -1.26. The molecule has 0 spiro atoms. The number of benzene rings is 1. The van der Waals surface area contributed by atoms with Crippen molar-refractivity contribution >= 4 is 17.6 Å². The smallest absolute Gasteiger partial charge is 0.325 e. The molecule has 1 aromatic carbocycles. The predicted octanol–water partition coefficient (Wildman–Crippen LogP) is 2.05. The van der Waals surface area contributed by atoms with E-state index in [0.29, 0.717) is 16.3 Å². The van der Waals surface area contributed by atoms with Gasteiger partial charge in [0, 0.05) is 5.56 Å². The minimum atomic E-state index is -1.13. The molecule has 0 radical (unpaired) electrons. The number of hydrogen-bond donors (Lipinski definition) is 2. The first-order chi connectivity index (χ1) is 7.40. The topological polar surface area (TPSA) is 72.5 Å². The van der Waals surface area contributed by atoms with Crippen molar-refractivity contribution < 1.29 is 14.6 Å². The lowest BCUT2D eigenvalue weighted by Crippen LogP contribution is -2.21. The van der Waals surface area contributed by atoms with Crippen molar-refractivity contribution in [3.8, 4) is 5.75 Å². The van der Waals surface area contributed by atoms with E-state index in [-0.39, 0.29) is 0 Å². The van der Waals surface area contributed by atoms with Gasteiger partial charge in [0.25, 0.3) is 0 Å². The van der Waals surface area contributed by atoms with E-state index >= 15 is 0 Å². The third kappa shape index (κ3) is 2.13. The summed E-state index contributed by atoms with van der Waals surface area (Å²) in [5.74, 6) is -0.780. The standard InChI is InChI=1S/C11H14ClNO3/c1-5-4-7(9(13)11(14)15)10(16-3)8(12)6(5)2/h4,9H,13H2,1-3H3,(H,14,15). The van der Waals surface area contributed by atoms with Crippen molar-refractivity contribution in [1.29, 1.82) is 0 Å². The fourth-order valence-electron chi connectivity index (χ4n) is 1.45. The van der Waals surface area contributed by atoms with Crippen LogP contribution in [0.1, 0.15) is 22.7 Å². The maximum absolute atomic E-state index is 10.9. The van der Waals surface area contributed by atoms with Gasteiger partial charge in [-0.3, -0.25) is 4.79 Å². The molecular formula is C11H14ClNO3. The van der Waals surface area contributed by atoms with Crippen molar-refractivity contribution in [2.24, 2.45) is 5.73 Å². The summed E-state index contributed by atoms with van der Waals surface area (Å²) in [5, 5.41) is 9.29. The molecule has 5 heteroatoms. The van der Waals surface area contributed by atoms with Gasteiger partial charge in [0.2, 0.25) is 0 Å². The summed E-state index contributed by atoms with van der Waals surface area (Å²) in [5.41, 5.74) is 7.70. The Bertz CT molecular complexity index is 432. The van der Waals surface area contributed by atoms with E-state index in [2.05, 4.69) is 0 Å². The van der Waals surface area contributed by atoms with Crippen LogP contribution in [0.4, 0.5) is 0 Å². The zero-order chi connectivity index (χ0) is 12.5. The average molecular weight is 244 g/mol. The first-order valence-electron chi connectivity index (χ1n) is 4.72. The van der Waals surface area contributed by atoms with Crippen LogP contribution in [-0.4, -0.2) is 18.2 Å². The van der Waals surface area contributed by atoms with E-state index in [4.69, 9.17) is 27.2 Å². The lowest BCUT2D eigenvalue weighted by Gasteiger charge is -2.16. The van der Waals surface area contributed by atoms with E-state index in [1.165, 1.54) is 7.11 Å². The van der Waals surface area contributed by atoms with Gasteiger partial charge < -0.3 is 15.6 Å². The number of aryl methyl sites for hydroxylation is 1. The quantitative estimate of drug-likeness (QED) is 0.852. The maximum Gasteiger partial charge on any atom is 0.325 e. The molecule has 1 rings (SSSR count). The molecule has 3 N–H and O–H groups in total. The highest BCUT2D eigenvalue weighted by molar-refractivity contribution is 6.33. The zero-order valence-electron chi connectivity index (χ0n) is 9.37. The lowest BCUT2D eigenvalue weighted by atomic mass is 10.00. The summed E-state index contributed by atoms with van der Waals surface area (Å²) in [6.07, 6.45) is 0. The van der Waals surface area contributed by atoms with Crippen LogP contribution in [0.15, 0.2) is 6.07 Å². The molecule has 0 aliphatic rings. The number of aliphatic carboxylic acids is 1. The highest BCUT2D eigenvalue weighted by atomic mass is 35.5. The van der Waals surface area contributed by atoms with Gasteiger partial charge in [0.15, 0.2) is 0 Å². The Kier molecular flexibility index (Phi) is 3.78. The number of nitrogens with two attached hydrogens (primary N) is 1. The molecule has 1 atom stereocenters. The van der Waals surface area contributed by atoms with Crippen LogP contribution in [0.2, 0.25) is 5.02 Å². The van der Waals surface area contributed by atoms with Gasteiger partial charge >= 0.3 is 5.97 Å². The molecule has 0 fully saturated rings. The van der Waals surface area contributed by atoms with Crippen molar-refractivity contribution in [3.63, 3.8) is 0 Å². The summed E-state index contributed by atoms with van der Waals surface area (Å²) in [7, 11) is 1.44. The van der Waals surface area contributed by atoms with Crippen molar-refractivity contribution in [2.45, 2.75) is 19.9 Å². The number of carbonyl (C=O) groups is 1. The minimum Gasteiger partial charge on any atom is -0.495 e. The van der Waals surface area contributed by atoms with Gasteiger partial charge in [0.05, 0.1) is 12.1 Å². The largest absolute Gasteiger partial charge is 0.495 e. The lowest BCUT2D eigenvalue weighted by molar-refractivity contribution is -0.138. The Morgan fingerprint density at radius 3 is 2.56 bits per heavy atom. The third-order valence-electron chi connectivity index (χ3n) is 2.56. The summed E-state index contributed by atoms with van der Waals surface area (Å²) in [6, 6.07) is 0.561. The number of rotatable bonds is 3. The number of hydrogen-bond acceptors (Lipinski definition) is 3. The maximum atomic E-state index is 10.9. The highest BCUT2D eigenvalue weighted by Gasteiger charge is 2.22. The van der Waals surface area contributed by atoms with Crippen LogP contribution in [0, 0.1) is 13.8 Å². The Labute approximate surface area is 99.0 Å². The first-order valence-corrected chi connectivity index (χ1v) is 5.10. The summed E-state index contributed by atoms with van der Waals surface area (Å²) < 4.78 is 5.11. The molecule has 0 saturated heterocycles. The van der Waals surface area contributed by atoms with E-state index in [1.807, 2.05) is 13.8 Å². The van der Waals surface area contributed by atoms with Crippen molar-refractivity contribution in [2.75, 3.05) is 7.11 Å². The normalized spacial score (nSPS) is 12.3. The molecular weight excluding hydrogens is 230 g/mol. The summed E-state index contributed by atoms with van der Waals surface area (Å²) in [4.78, 5) is 10.9. The van der Waals surface area contributed by atoms with Gasteiger partial charge in [-0.15, -0.1) is 0 Å². The van der Waals surface area contributed by atoms with Gasteiger partial charge in [-0.05, 0) is 31.0 Å². The van der Waals surface area contributed by atoms with Gasteiger partial charge in [-0.1, -0.05) is 11.6 Å². The Balaban J connectivity index is 3.44. The fourth-order valence-corrected chi connectivity index (χ4v) is 1.78. The molecule has 4 nitrogen and oxygen atoms in total. The molecule has 1 aromatic rings. The van der Waals surface area contributed by atoms with Gasteiger partial charge in [-0.2, -0.15) is 0 Å². The molecule has 0 aromatic heterocycles. The van der Waals surface area contributed by atoms with Gasteiger partial charge in [0.1, 0.15) is 11.8 Å².